The first-order chi connectivity index (χ1) is 25.4. The Morgan fingerprint density at radius 3 is 2.65 bits per heavy atom. The highest BCUT2D eigenvalue weighted by atomic mass is 19.1. The second-order valence-electron chi connectivity index (χ2n) is 13.3. The Balaban J connectivity index is 1.31. The number of benzene rings is 3. The Kier molecular flexibility index (Phi) is 11.0. The highest BCUT2D eigenvalue weighted by Crippen LogP contribution is 2.43. The molecule has 0 N–H and O–H groups in total. The SMILES string of the molecule is CCOC(=O)c1c(CCCOc2cccc3cc(F)ccc23)c2ccc(F)c3c2n1C/C=C\COC(CCN1CCOCC1)c1nn(C)c(CC)c1-3. The van der Waals surface area contributed by atoms with E-state index in [9.17, 15) is 9.18 Å². The summed E-state index contributed by atoms with van der Waals surface area (Å²) in [5.74, 6) is -0.481. The van der Waals surface area contributed by atoms with Crippen LogP contribution < -0.4 is 4.74 Å². The van der Waals surface area contributed by atoms with Crippen LogP contribution in [0.2, 0.25) is 0 Å². The van der Waals surface area contributed by atoms with Gasteiger partial charge in [-0.1, -0.05) is 31.2 Å². The Morgan fingerprint density at radius 2 is 1.85 bits per heavy atom. The number of fused-ring (bicyclic) bond motifs is 3. The Morgan fingerprint density at radius 1 is 1.02 bits per heavy atom. The van der Waals surface area contributed by atoms with Gasteiger partial charge >= 0.3 is 5.97 Å². The fourth-order valence-electron chi connectivity index (χ4n) is 7.71. The predicted octanol–water partition coefficient (Wildman–Crippen LogP) is 7.57. The molecule has 4 heterocycles. The van der Waals surface area contributed by atoms with E-state index in [4.69, 9.17) is 24.0 Å². The van der Waals surface area contributed by atoms with E-state index in [1.54, 1.807) is 19.1 Å². The van der Waals surface area contributed by atoms with Gasteiger partial charge in [-0.15, -0.1) is 0 Å². The third kappa shape index (κ3) is 7.09. The van der Waals surface area contributed by atoms with Crippen LogP contribution in [-0.2, 0) is 40.6 Å². The largest absolute Gasteiger partial charge is 0.493 e. The van der Waals surface area contributed by atoms with Gasteiger partial charge in [0.1, 0.15) is 29.2 Å². The molecule has 2 aliphatic heterocycles. The summed E-state index contributed by atoms with van der Waals surface area (Å²) in [6.07, 6.45) is 5.91. The van der Waals surface area contributed by atoms with Crippen LogP contribution in [0.4, 0.5) is 8.78 Å². The van der Waals surface area contributed by atoms with Crippen molar-refractivity contribution in [1.82, 2.24) is 19.2 Å². The maximum atomic E-state index is 16.6. The van der Waals surface area contributed by atoms with Crippen molar-refractivity contribution < 1.29 is 32.5 Å². The number of esters is 1. The number of carbonyl (C=O) groups excluding carboxylic acids is 1. The maximum Gasteiger partial charge on any atom is 0.355 e. The van der Waals surface area contributed by atoms with Gasteiger partial charge in [0.25, 0.3) is 0 Å². The number of aryl methyl sites for hydroxylation is 2. The van der Waals surface area contributed by atoms with Gasteiger partial charge in [0.15, 0.2) is 0 Å². The van der Waals surface area contributed by atoms with Crippen LogP contribution in [0, 0.1) is 11.6 Å². The first kappa shape index (κ1) is 35.8. The Bertz CT molecular complexity index is 2100. The fourth-order valence-corrected chi connectivity index (χ4v) is 7.71. The fraction of sp³-hybridized carbons (Fsp3) is 0.415. The van der Waals surface area contributed by atoms with Crippen molar-refractivity contribution in [1.29, 1.82) is 0 Å². The van der Waals surface area contributed by atoms with E-state index in [0.717, 1.165) is 52.6 Å². The molecule has 11 heteroatoms. The number of morpholine rings is 1. The summed E-state index contributed by atoms with van der Waals surface area (Å²) < 4.78 is 58.2. The minimum absolute atomic E-state index is 0.201. The van der Waals surface area contributed by atoms with Crippen LogP contribution in [0.25, 0.3) is 32.8 Å². The number of nitrogens with zero attached hydrogens (tertiary/aromatic N) is 4. The summed E-state index contributed by atoms with van der Waals surface area (Å²) in [6, 6.07) is 13.5. The summed E-state index contributed by atoms with van der Waals surface area (Å²) in [7, 11) is 1.90. The van der Waals surface area contributed by atoms with E-state index in [-0.39, 0.29) is 24.3 Å². The minimum atomic E-state index is -0.456. The lowest BCUT2D eigenvalue weighted by molar-refractivity contribution is 0.0176. The first-order valence-corrected chi connectivity index (χ1v) is 18.3. The van der Waals surface area contributed by atoms with Crippen molar-refractivity contribution in [2.24, 2.45) is 7.05 Å². The number of rotatable bonds is 11. The molecule has 7 rings (SSSR count). The van der Waals surface area contributed by atoms with Crippen LogP contribution in [0.5, 0.6) is 5.75 Å². The van der Waals surface area contributed by atoms with E-state index in [0.29, 0.717) is 86.9 Å². The van der Waals surface area contributed by atoms with Gasteiger partial charge in [0.2, 0.25) is 0 Å². The molecule has 5 aromatic rings. The summed E-state index contributed by atoms with van der Waals surface area (Å²) >= 11 is 0. The van der Waals surface area contributed by atoms with Gasteiger partial charge in [0.05, 0.1) is 44.2 Å². The van der Waals surface area contributed by atoms with Gasteiger partial charge in [-0.3, -0.25) is 9.58 Å². The average Bonchev–Trinajstić information content (AvgIpc) is 3.63. The molecule has 1 fully saturated rings. The third-order valence-electron chi connectivity index (χ3n) is 10.1. The Labute approximate surface area is 302 Å². The summed E-state index contributed by atoms with van der Waals surface area (Å²) in [5.41, 5.74) is 4.56. The van der Waals surface area contributed by atoms with Gasteiger partial charge in [-0.25, -0.2) is 13.6 Å². The molecular weight excluding hydrogens is 666 g/mol. The standard InChI is InChI=1S/C41H46F2N4O5/c1-4-33-37-36-32(43)16-15-31-30(11-9-23-51-34-12-8-10-27-26-28(42)13-14-29(27)34)40(41(48)50-5-2)47(39(31)36)18-6-7-22-52-35(38(37)44-45(33)3)17-19-46-20-24-49-25-21-46/h6-8,10,12-16,26,35H,4-5,9,11,17-25H2,1-3H3/b7-6-. The van der Waals surface area contributed by atoms with Crippen molar-refractivity contribution in [3.8, 4) is 16.9 Å². The number of carbonyl (C=O) groups is 1. The minimum Gasteiger partial charge on any atom is -0.493 e. The summed E-state index contributed by atoms with van der Waals surface area (Å²) in [6.45, 7) is 8.97. The second kappa shape index (κ2) is 16.0. The zero-order valence-corrected chi connectivity index (χ0v) is 30.1. The molecule has 2 aromatic heterocycles. The van der Waals surface area contributed by atoms with Crippen molar-refractivity contribution in [3.63, 3.8) is 0 Å². The highest BCUT2D eigenvalue weighted by molar-refractivity contribution is 6.05. The van der Waals surface area contributed by atoms with Crippen LogP contribution in [-0.4, -0.2) is 77.9 Å². The van der Waals surface area contributed by atoms with E-state index >= 15 is 4.39 Å². The smallest absolute Gasteiger partial charge is 0.355 e. The molecule has 3 aromatic carbocycles. The van der Waals surface area contributed by atoms with E-state index in [2.05, 4.69) is 4.90 Å². The van der Waals surface area contributed by atoms with Crippen molar-refractivity contribution >= 4 is 27.6 Å². The quantitative estimate of drug-likeness (QED) is 0.0794. The molecule has 0 amide bonds. The number of hydrogen-bond acceptors (Lipinski definition) is 7. The highest BCUT2D eigenvalue weighted by Gasteiger charge is 2.32. The van der Waals surface area contributed by atoms with Crippen LogP contribution in [0.1, 0.15) is 60.2 Å². The molecule has 0 bridgehead atoms. The molecule has 0 radical (unpaired) electrons. The normalized spacial score (nSPS) is 17.2. The zero-order chi connectivity index (χ0) is 36.2. The number of halogens is 2. The molecule has 52 heavy (non-hydrogen) atoms. The number of allylic oxidation sites excluding steroid dienone is 1. The van der Waals surface area contributed by atoms with Crippen molar-refractivity contribution in [2.75, 3.05) is 52.7 Å². The number of ether oxygens (including phenoxy) is 4. The first-order valence-electron chi connectivity index (χ1n) is 18.3. The molecule has 2 aliphatic rings. The van der Waals surface area contributed by atoms with Crippen LogP contribution in [0.3, 0.4) is 0 Å². The predicted molar refractivity (Wildman–Crippen MR) is 197 cm³/mol. The Hall–Kier alpha value is -4.58. The molecule has 0 saturated carbocycles. The molecule has 1 saturated heterocycles. The summed E-state index contributed by atoms with van der Waals surface area (Å²) in [4.78, 5) is 16.2. The topological polar surface area (TPSA) is 80.0 Å². The van der Waals surface area contributed by atoms with Gasteiger partial charge in [-0.2, -0.15) is 5.10 Å². The maximum absolute atomic E-state index is 16.6. The van der Waals surface area contributed by atoms with Gasteiger partial charge in [0, 0.05) is 60.8 Å². The van der Waals surface area contributed by atoms with E-state index in [1.807, 2.05) is 53.6 Å². The summed E-state index contributed by atoms with van der Waals surface area (Å²) in [5, 5.41) is 7.38. The van der Waals surface area contributed by atoms with Crippen LogP contribution >= 0.6 is 0 Å². The number of aromatic nitrogens is 3. The lowest BCUT2D eigenvalue weighted by Gasteiger charge is -2.28. The molecule has 0 spiro atoms. The van der Waals surface area contributed by atoms with E-state index < -0.39 is 5.97 Å². The van der Waals surface area contributed by atoms with Crippen molar-refractivity contribution in [2.45, 2.75) is 52.2 Å². The molecule has 274 valence electrons. The zero-order valence-electron chi connectivity index (χ0n) is 30.1. The molecule has 1 atom stereocenters. The lowest BCUT2D eigenvalue weighted by atomic mass is 9.94. The molecule has 9 nitrogen and oxygen atoms in total. The van der Waals surface area contributed by atoms with Gasteiger partial charge < -0.3 is 23.5 Å². The number of hydrogen-bond donors (Lipinski definition) is 0. The molecule has 1 unspecified atom stereocenters. The van der Waals surface area contributed by atoms with Crippen LogP contribution in [0.15, 0.2) is 60.7 Å². The molecule has 0 aliphatic carbocycles. The second-order valence-corrected chi connectivity index (χ2v) is 13.3. The van der Waals surface area contributed by atoms with E-state index in [1.165, 1.54) is 18.2 Å². The van der Waals surface area contributed by atoms with Crippen molar-refractivity contribution in [3.05, 3.63) is 95.0 Å². The monoisotopic (exact) mass is 712 g/mol. The average molecular weight is 713 g/mol. The van der Waals surface area contributed by atoms with Gasteiger partial charge in [-0.05, 0) is 80.0 Å². The third-order valence-corrected chi connectivity index (χ3v) is 10.1. The molecular formula is C41H46F2N4O5. The lowest BCUT2D eigenvalue weighted by Crippen LogP contribution is -2.37.